The molecular formula is C28H29BrN4O5. The van der Waals surface area contributed by atoms with Crippen molar-refractivity contribution in [3.63, 3.8) is 0 Å². The first kappa shape index (κ1) is 28.4. The molecule has 3 rings (SSSR count). The Kier molecular flexibility index (Phi) is 10.4. The summed E-state index contributed by atoms with van der Waals surface area (Å²) in [7, 11) is 0. The average Bonchev–Trinajstić information content (AvgIpc) is 2.89. The van der Waals surface area contributed by atoms with Gasteiger partial charge in [-0.1, -0.05) is 48.5 Å². The Morgan fingerprint density at radius 2 is 1.66 bits per heavy atom. The molecule has 0 saturated carbocycles. The SMILES string of the molecule is CCOc1cc(/C=N\NC(=O)C(=O)NCc2ccccc2)cc(Br)c1OCC(=O)Nc1c(C)cccc1C. The quantitative estimate of drug-likeness (QED) is 0.188. The van der Waals surface area contributed by atoms with E-state index in [4.69, 9.17) is 9.47 Å². The van der Waals surface area contributed by atoms with Crippen LogP contribution in [0.5, 0.6) is 11.5 Å². The molecule has 3 amide bonds. The van der Waals surface area contributed by atoms with Crippen molar-refractivity contribution in [1.82, 2.24) is 10.7 Å². The Bertz CT molecular complexity index is 1310. The van der Waals surface area contributed by atoms with Crippen LogP contribution < -0.4 is 25.5 Å². The molecule has 0 atom stereocenters. The number of rotatable bonds is 10. The third kappa shape index (κ3) is 8.17. The maximum absolute atomic E-state index is 12.5. The molecule has 38 heavy (non-hydrogen) atoms. The molecule has 10 heteroatoms. The Labute approximate surface area is 229 Å². The Morgan fingerprint density at radius 3 is 2.34 bits per heavy atom. The number of ether oxygens (including phenoxy) is 2. The molecular weight excluding hydrogens is 552 g/mol. The molecule has 0 heterocycles. The first-order valence-electron chi connectivity index (χ1n) is 11.9. The third-order valence-corrected chi connectivity index (χ3v) is 5.90. The fraction of sp³-hybridized carbons (Fsp3) is 0.214. The molecule has 0 radical (unpaired) electrons. The lowest BCUT2D eigenvalue weighted by molar-refractivity contribution is -0.139. The predicted molar refractivity (Wildman–Crippen MR) is 149 cm³/mol. The molecule has 9 nitrogen and oxygen atoms in total. The van der Waals surface area contributed by atoms with E-state index >= 15 is 0 Å². The molecule has 0 aliphatic carbocycles. The summed E-state index contributed by atoms with van der Waals surface area (Å²) >= 11 is 3.45. The number of nitrogens with zero attached hydrogens (tertiary/aromatic N) is 1. The summed E-state index contributed by atoms with van der Waals surface area (Å²) in [6, 6.07) is 18.4. The molecule has 0 saturated heterocycles. The highest BCUT2D eigenvalue weighted by Crippen LogP contribution is 2.36. The van der Waals surface area contributed by atoms with E-state index in [9.17, 15) is 14.4 Å². The Morgan fingerprint density at radius 1 is 0.947 bits per heavy atom. The normalized spacial score (nSPS) is 10.6. The monoisotopic (exact) mass is 580 g/mol. The second-order valence-corrected chi connectivity index (χ2v) is 9.09. The summed E-state index contributed by atoms with van der Waals surface area (Å²) in [5.41, 5.74) is 6.31. The van der Waals surface area contributed by atoms with Gasteiger partial charge in [-0.2, -0.15) is 5.10 Å². The zero-order chi connectivity index (χ0) is 27.5. The Hall–Kier alpha value is -4.18. The van der Waals surface area contributed by atoms with Gasteiger partial charge in [0.2, 0.25) is 0 Å². The van der Waals surface area contributed by atoms with Crippen LogP contribution >= 0.6 is 15.9 Å². The van der Waals surface area contributed by atoms with E-state index in [0.29, 0.717) is 28.1 Å². The van der Waals surface area contributed by atoms with Crippen LogP contribution in [0.4, 0.5) is 5.69 Å². The van der Waals surface area contributed by atoms with Crippen LogP contribution in [0.15, 0.2) is 70.2 Å². The Balaban J connectivity index is 1.60. The number of nitrogens with one attached hydrogen (secondary N) is 3. The number of amides is 3. The van der Waals surface area contributed by atoms with Gasteiger partial charge >= 0.3 is 11.8 Å². The number of anilines is 1. The number of aryl methyl sites for hydroxylation is 2. The number of hydrogen-bond donors (Lipinski definition) is 3. The summed E-state index contributed by atoms with van der Waals surface area (Å²) in [5, 5.41) is 9.28. The van der Waals surface area contributed by atoms with Gasteiger partial charge in [-0.15, -0.1) is 0 Å². The highest BCUT2D eigenvalue weighted by Gasteiger charge is 2.16. The van der Waals surface area contributed by atoms with Crippen molar-refractivity contribution in [2.45, 2.75) is 27.3 Å². The van der Waals surface area contributed by atoms with E-state index in [1.54, 1.807) is 12.1 Å². The van der Waals surface area contributed by atoms with Gasteiger partial charge in [0, 0.05) is 12.2 Å². The van der Waals surface area contributed by atoms with Gasteiger partial charge < -0.3 is 20.1 Å². The lowest BCUT2D eigenvalue weighted by atomic mass is 10.1. The predicted octanol–water partition coefficient (Wildman–Crippen LogP) is 4.25. The van der Waals surface area contributed by atoms with Crippen LogP contribution in [0.3, 0.4) is 0 Å². The van der Waals surface area contributed by atoms with Gasteiger partial charge in [0.1, 0.15) is 0 Å². The van der Waals surface area contributed by atoms with Crippen molar-refractivity contribution < 1.29 is 23.9 Å². The smallest absolute Gasteiger partial charge is 0.329 e. The molecule has 0 unspecified atom stereocenters. The van der Waals surface area contributed by atoms with E-state index in [0.717, 1.165) is 22.4 Å². The first-order valence-corrected chi connectivity index (χ1v) is 12.7. The first-order chi connectivity index (χ1) is 18.3. The van der Waals surface area contributed by atoms with Crippen molar-refractivity contribution in [2.24, 2.45) is 5.10 Å². The van der Waals surface area contributed by atoms with Crippen LogP contribution in [-0.2, 0) is 20.9 Å². The van der Waals surface area contributed by atoms with E-state index in [1.165, 1.54) is 6.21 Å². The number of para-hydroxylation sites is 1. The fourth-order valence-corrected chi connectivity index (χ4v) is 4.04. The van der Waals surface area contributed by atoms with Gasteiger partial charge in [0.25, 0.3) is 5.91 Å². The molecule has 0 spiro atoms. The van der Waals surface area contributed by atoms with Gasteiger partial charge in [0.15, 0.2) is 18.1 Å². The molecule has 0 bridgehead atoms. The molecule has 0 aliphatic rings. The topological polar surface area (TPSA) is 118 Å². The van der Waals surface area contributed by atoms with E-state index in [2.05, 4.69) is 37.1 Å². The van der Waals surface area contributed by atoms with Crippen molar-refractivity contribution in [1.29, 1.82) is 0 Å². The summed E-state index contributed by atoms with van der Waals surface area (Å²) in [6.45, 7) is 6.02. The van der Waals surface area contributed by atoms with Gasteiger partial charge in [-0.25, -0.2) is 5.43 Å². The second kappa shape index (κ2) is 13.9. The molecule has 3 aromatic carbocycles. The molecule has 0 aliphatic heterocycles. The highest BCUT2D eigenvalue weighted by molar-refractivity contribution is 9.10. The molecule has 3 N–H and O–H groups in total. The maximum atomic E-state index is 12.5. The molecule has 3 aromatic rings. The van der Waals surface area contributed by atoms with Crippen LogP contribution in [0, 0.1) is 13.8 Å². The summed E-state index contributed by atoms with van der Waals surface area (Å²) in [4.78, 5) is 36.6. The van der Waals surface area contributed by atoms with Crippen LogP contribution in [0.2, 0.25) is 0 Å². The second-order valence-electron chi connectivity index (χ2n) is 8.23. The summed E-state index contributed by atoms with van der Waals surface area (Å²) in [6.07, 6.45) is 1.37. The number of carbonyl (C=O) groups excluding carboxylic acids is 3. The zero-order valence-electron chi connectivity index (χ0n) is 21.3. The zero-order valence-corrected chi connectivity index (χ0v) is 22.9. The largest absolute Gasteiger partial charge is 0.490 e. The number of carbonyl (C=O) groups is 3. The van der Waals surface area contributed by atoms with Crippen molar-refractivity contribution in [2.75, 3.05) is 18.5 Å². The number of hydrogen-bond acceptors (Lipinski definition) is 6. The summed E-state index contributed by atoms with van der Waals surface area (Å²) in [5.74, 6) is -1.27. The lowest BCUT2D eigenvalue weighted by Gasteiger charge is -2.15. The van der Waals surface area contributed by atoms with Gasteiger partial charge in [0.05, 0.1) is 17.3 Å². The van der Waals surface area contributed by atoms with Crippen LogP contribution in [0.1, 0.15) is 29.2 Å². The van der Waals surface area contributed by atoms with Crippen molar-refractivity contribution in [3.05, 3.63) is 87.4 Å². The van der Waals surface area contributed by atoms with E-state index in [-0.39, 0.29) is 19.1 Å². The number of hydrazone groups is 1. The highest BCUT2D eigenvalue weighted by atomic mass is 79.9. The lowest BCUT2D eigenvalue weighted by Crippen LogP contribution is -2.37. The van der Waals surface area contributed by atoms with Gasteiger partial charge in [-0.3, -0.25) is 14.4 Å². The number of benzene rings is 3. The third-order valence-electron chi connectivity index (χ3n) is 5.31. The van der Waals surface area contributed by atoms with Crippen molar-refractivity contribution >= 4 is 45.6 Å². The van der Waals surface area contributed by atoms with Gasteiger partial charge in [-0.05, 0) is 71.1 Å². The van der Waals surface area contributed by atoms with Crippen LogP contribution in [-0.4, -0.2) is 37.1 Å². The minimum atomic E-state index is -0.892. The minimum absolute atomic E-state index is 0.228. The summed E-state index contributed by atoms with van der Waals surface area (Å²) < 4.78 is 12.0. The molecule has 0 aromatic heterocycles. The standard InChI is InChI=1S/C28H29BrN4O5/c1-4-37-23-14-21(16-31-33-28(36)27(35)30-15-20-11-6-5-7-12-20)13-22(29)26(23)38-17-24(34)32-25-18(2)9-8-10-19(25)3/h5-14,16H,4,15,17H2,1-3H3,(H,30,35)(H,32,34)(H,33,36)/b31-16-. The maximum Gasteiger partial charge on any atom is 0.329 e. The number of halogens is 1. The molecule has 198 valence electrons. The fourth-order valence-electron chi connectivity index (χ4n) is 3.47. The van der Waals surface area contributed by atoms with Crippen LogP contribution in [0.25, 0.3) is 0 Å². The van der Waals surface area contributed by atoms with E-state index < -0.39 is 11.8 Å². The minimum Gasteiger partial charge on any atom is -0.490 e. The van der Waals surface area contributed by atoms with Crippen molar-refractivity contribution in [3.8, 4) is 11.5 Å². The molecule has 0 fully saturated rings. The average molecular weight is 581 g/mol. The van der Waals surface area contributed by atoms with E-state index in [1.807, 2.05) is 69.3 Å².